The molecule has 0 saturated carbocycles. The van der Waals surface area contributed by atoms with Crippen LogP contribution in [0, 0.1) is 5.92 Å². The third-order valence-corrected chi connectivity index (χ3v) is 6.15. The van der Waals surface area contributed by atoms with Crippen LogP contribution in [0.1, 0.15) is 50.4 Å². The zero-order valence-electron chi connectivity index (χ0n) is 20.7. The molecule has 178 valence electrons. The van der Waals surface area contributed by atoms with Crippen LogP contribution < -0.4 is 16.0 Å². The third kappa shape index (κ3) is 4.69. The Hall–Kier alpha value is -3.61. The van der Waals surface area contributed by atoms with Crippen LogP contribution in [0.25, 0.3) is 27.9 Å². The Labute approximate surface area is 201 Å². The van der Waals surface area contributed by atoms with Crippen molar-refractivity contribution in [2.24, 2.45) is 5.92 Å². The van der Waals surface area contributed by atoms with Crippen molar-refractivity contribution in [3.63, 3.8) is 0 Å². The maximum Gasteiger partial charge on any atom is 0.257 e. The highest BCUT2D eigenvalue weighted by molar-refractivity contribution is 6.11. The molecule has 0 spiro atoms. The summed E-state index contributed by atoms with van der Waals surface area (Å²) in [4.78, 5) is 25.1. The standard InChI is InChI=1S/C27H34N6O/c1-17(2)9-8-10-18(3)29-27(34)23-24-26(31-22-12-7-6-11-21(22)30-24)33(25(23)28)20-15-13-19(14-16-20)32(4)5/h6-7,11-18H,8-10,28H2,1-5H3,(H,29,34). The van der Waals surface area contributed by atoms with E-state index in [1.54, 1.807) is 0 Å². The minimum Gasteiger partial charge on any atom is -0.384 e. The van der Waals surface area contributed by atoms with Crippen molar-refractivity contribution in [3.8, 4) is 5.69 Å². The first-order chi connectivity index (χ1) is 16.3. The molecule has 2 aromatic carbocycles. The predicted octanol–water partition coefficient (Wildman–Crippen LogP) is 5.17. The number of nitrogen functional groups attached to an aromatic ring is 1. The summed E-state index contributed by atoms with van der Waals surface area (Å²) in [5.74, 6) is 0.779. The van der Waals surface area contributed by atoms with E-state index in [4.69, 9.17) is 15.7 Å². The van der Waals surface area contributed by atoms with E-state index in [-0.39, 0.29) is 11.9 Å². The summed E-state index contributed by atoms with van der Waals surface area (Å²) in [5.41, 5.74) is 11.5. The van der Waals surface area contributed by atoms with E-state index in [0.717, 1.165) is 41.7 Å². The van der Waals surface area contributed by atoms with Gasteiger partial charge in [-0.05, 0) is 55.7 Å². The lowest BCUT2D eigenvalue weighted by Gasteiger charge is -2.15. The van der Waals surface area contributed by atoms with Gasteiger partial charge in [0.05, 0.1) is 11.0 Å². The van der Waals surface area contributed by atoms with Crippen molar-refractivity contribution in [2.75, 3.05) is 24.7 Å². The second-order valence-corrected chi connectivity index (χ2v) is 9.59. The second kappa shape index (κ2) is 9.71. The summed E-state index contributed by atoms with van der Waals surface area (Å²) in [6.07, 6.45) is 3.13. The molecule has 1 unspecified atom stereocenters. The highest BCUT2D eigenvalue weighted by atomic mass is 16.1. The van der Waals surface area contributed by atoms with Crippen LogP contribution in [0.15, 0.2) is 48.5 Å². The van der Waals surface area contributed by atoms with Gasteiger partial charge in [-0.25, -0.2) is 9.97 Å². The number of amides is 1. The molecule has 0 saturated heterocycles. The van der Waals surface area contributed by atoms with Gasteiger partial charge in [0.15, 0.2) is 5.65 Å². The first kappa shape index (κ1) is 23.5. The SMILES string of the molecule is CC(C)CCCC(C)NC(=O)c1c(N)n(-c2ccc(N(C)C)cc2)c2nc3ccccc3nc12. The molecule has 0 bridgehead atoms. The first-order valence-electron chi connectivity index (χ1n) is 11.9. The highest BCUT2D eigenvalue weighted by Crippen LogP contribution is 2.31. The van der Waals surface area contributed by atoms with Gasteiger partial charge in [0.2, 0.25) is 0 Å². The van der Waals surface area contributed by atoms with Crippen LogP contribution >= 0.6 is 0 Å². The molecule has 1 atom stereocenters. The number of nitrogens with zero attached hydrogens (tertiary/aromatic N) is 4. The minimum atomic E-state index is -0.215. The van der Waals surface area contributed by atoms with E-state index in [1.807, 2.05) is 79.0 Å². The molecule has 2 heterocycles. The number of benzene rings is 2. The fraction of sp³-hybridized carbons (Fsp3) is 0.370. The van der Waals surface area contributed by atoms with E-state index in [0.29, 0.717) is 28.5 Å². The smallest absolute Gasteiger partial charge is 0.257 e. The Kier molecular flexibility index (Phi) is 6.72. The zero-order valence-corrected chi connectivity index (χ0v) is 20.7. The number of anilines is 2. The molecule has 7 nitrogen and oxygen atoms in total. The van der Waals surface area contributed by atoms with Crippen molar-refractivity contribution in [1.82, 2.24) is 19.9 Å². The Morgan fingerprint density at radius 1 is 1.00 bits per heavy atom. The van der Waals surface area contributed by atoms with Gasteiger partial charge >= 0.3 is 0 Å². The fourth-order valence-corrected chi connectivity index (χ4v) is 4.25. The van der Waals surface area contributed by atoms with E-state index in [1.165, 1.54) is 0 Å². The van der Waals surface area contributed by atoms with Gasteiger partial charge in [-0.1, -0.05) is 38.8 Å². The Balaban J connectivity index is 1.79. The monoisotopic (exact) mass is 458 g/mol. The van der Waals surface area contributed by atoms with E-state index in [2.05, 4.69) is 19.2 Å². The Bertz CT molecular complexity index is 1310. The summed E-state index contributed by atoms with van der Waals surface area (Å²) >= 11 is 0. The van der Waals surface area contributed by atoms with Crippen LogP contribution in [0.4, 0.5) is 11.5 Å². The number of para-hydroxylation sites is 2. The van der Waals surface area contributed by atoms with E-state index in [9.17, 15) is 4.79 Å². The molecule has 0 aliphatic rings. The van der Waals surface area contributed by atoms with Crippen LogP contribution in [-0.4, -0.2) is 40.6 Å². The van der Waals surface area contributed by atoms with Gasteiger partial charge in [-0.15, -0.1) is 0 Å². The zero-order chi connectivity index (χ0) is 24.4. The van der Waals surface area contributed by atoms with Crippen molar-refractivity contribution in [2.45, 2.75) is 46.1 Å². The molecule has 7 heteroatoms. The minimum absolute atomic E-state index is 0.0387. The Morgan fingerprint density at radius 2 is 1.65 bits per heavy atom. The molecule has 0 fully saturated rings. The number of carbonyl (C=O) groups is 1. The van der Waals surface area contributed by atoms with Crippen molar-refractivity contribution >= 4 is 39.6 Å². The predicted molar refractivity (Wildman–Crippen MR) is 141 cm³/mol. The first-order valence-corrected chi connectivity index (χ1v) is 11.9. The van der Waals surface area contributed by atoms with Gasteiger partial charge in [0.1, 0.15) is 16.9 Å². The molecular formula is C27H34N6O. The number of fused-ring (bicyclic) bond motifs is 2. The number of aromatic nitrogens is 3. The molecule has 0 aliphatic heterocycles. The van der Waals surface area contributed by atoms with Gasteiger partial charge < -0.3 is 16.0 Å². The number of hydrogen-bond donors (Lipinski definition) is 2. The number of nitrogens with two attached hydrogens (primary N) is 1. The molecule has 4 aromatic rings. The number of carbonyl (C=O) groups excluding carboxylic acids is 1. The summed E-state index contributed by atoms with van der Waals surface area (Å²) in [7, 11) is 3.99. The lowest BCUT2D eigenvalue weighted by molar-refractivity contribution is 0.0940. The van der Waals surface area contributed by atoms with E-state index >= 15 is 0 Å². The van der Waals surface area contributed by atoms with Gasteiger partial charge in [-0.3, -0.25) is 9.36 Å². The van der Waals surface area contributed by atoms with Crippen molar-refractivity contribution < 1.29 is 4.79 Å². The van der Waals surface area contributed by atoms with Crippen LogP contribution in [-0.2, 0) is 0 Å². The van der Waals surface area contributed by atoms with Crippen LogP contribution in [0.5, 0.6) is 0 Å². The summed E-state index contributed by atoms with van der Waals surface area (Å²) in [6, 6.07) is 15.7. The van der Waals surface area contributed by atoms with Crippen LogP contribution in [0.3, 0.4) is 0 Å². The number of nitrogens with one attached hydrogen (secondary N) is 1. The van der Waals surface area contributed by atoms with E-state index < -0.39 is 0 Å². The summed E-state index contributed by atoms with van der Waals surface area (Å²) in [6.45, 7) is 6.47. The molecular weight excluding hydrogens is 424 g/mol. The topological polar surface area (TPSA) is 89.1 Å². The highest BCUT2D eigenvalue weighted by Gasteiger charge is 2.25. The lowest BCUT2D eigenvalue weighted by Crippen LogP contribution is -2.33. The summed E-state index contributed by atoms with van der Waals surface area (Å²) < 4.78 is 1.83. The molecule has 0 aliphatic carbocycles. The number of rotatable bonds is 8. The largest absolute Gasteiger partial charge is 0.384 e. The summed E-state index contributed by atoms with van der Waals surface area (Å²) in [5, 5.41) is 3.13. The molecule has 1 amide bonds. The quantitative estimate of drug-likeness (QED) is 0.380. The average molecular weight is 459 g/mol. The molecule has 2 aromatic heterocycles. The van der Waals surface area contributed by atoms with Gasteiger partial charge in [0, 0.05) is 31.5 Å². The molecule has 3 N–H and O–H groups in total. The Morgan fingerprint density at radius 3 is 2.26 bits per heavy atom. The number of hydrogen-bond acceptors (Lipinski definition) is 5. The second-order valence-electron chi connectivity index (χ2n) is 9.59. The molecule has 34 heavy (non-hydrogen) atoms. The fourth-order valence-electron chi connectivity index (χ4n) is 4.25. The third-order valence-electron chi connectivity index (χ3n) is 6.15. The van der Waals surface area contributed by atoms with Gasteiger partial charge in [0.25, 0.3) is 5.91 Å². The van der Waals surface area contributed by atoms with Crippen molar-refractivity contribution in [3.05, 3.63) is 54.1 Å². The molecule has 4 rings (SSSR count). The van der Waals surface area contributed by atoms with Crippen LogP contribution in [0.2, 0.25) is 0 Å². The van der Waals surface area contributed by atoms with Gasteiger partial charge in [-0.2, -0.15) is 0 Å². The van der Waals surface area contributed by atoms with Crippen molar-refractivity contribution in [1.29, 1.82) is 0 Å². The lowest BCUT2D eigenvalue weighted by atomic mass is 10.0. The maximum absolute atomic E-state index is 13.4. The normalized spacial score (nSPS) is 12.4. The molecule has 0 radical (unpaired) electrons. The maximum atomic E-state index is 13.4. The average Bonchev–Trinajstić information content (AvgIpc) is 3.07.